The van der Waals surface area contributed by atoms with Gasteiger partial charge in [-0.05, 0) is 27.8 Å². The second kappa shape index (κ2) is 6.53. The largest absolute Gasteiger partial charge is 0.462 e. The van der Waals surface area contributed by atoms with Crippen LogP contribution in [0.3, 0.4) is 0 Å². The zero-order valence-corrected chi connectivity index (χ0v) is 10.7. The van der Waals surface area contributed by atoms with Crippen molar-refractivity contribution in [3.8, 4) is 0 Å². The maximum atomic E-state index is 10.9. The smallest absolute Gasteiger partial charge is 0.347 e. The summed E-state index contributed by atoms with van der Waals surface area (Å²) in [5.41, 5.74) is -0.892. The van der Waals surface area contributed by atoms with E-state index in [1.807, 2.05) is 20.8 Å². The maximum Gasteiger partial charge on any atom is 0.347 e. The molecule has 0 amide bonds. The van der Waals surface area contributed by atoms with E-state index in [9.17, 15) is 9.59 Å². The van der Waals surface area contributed by atoms with E-state index in [2.05, 4.69) is 20.2 Å². The molecule has 0 saturated carbocycles. The number of hydrogen-bond acceptors (Lipinski definition) is 7. The predicted octanol–water partition coefficient (Wildman–Crippen LogP) is -1.08. The van der Waals surface area contributed by atoms with Crippen molar-refractivity contribution in [3.05, 3.63) is 0 Å². The van der Waals surface area contributed by atoms with Crippen molar-refractivity contribution in [3.63, 3.8) is 0 Å². The Morgan fingerprint density at radius 1 is 1.47 bits per heavy atom. The van der Waals surface area contributed by atoms with E-state index in [1.54, 1.807) is 7.05 Å². The van der Waals surface area contributed by atoms with Gasteiger partial charge in [0.25, 0.3) is 6.47 Å². The maximum absolute atomic E-state index is 10.9. The van der Waals surface area contributed by atoms with Crippen LogP contribution in [-0.4, -0.2) is 43.7 Å². The quantitative estimate of drug-likeness (QED) is 0.430. The molecule has 0 bridgehead atoms. The number of rotatable bonds is 3. The van der Waals surface area contributed by atoms with Crippen LogP contribution in [0.1, 0.15) is 20.8 Å². The molecule has 0 spiro atoms. The van der Waals surface area contributed by atoms with Crippen LogP contribution in [0.4, 0.5) is 0 Å². The first kappa shape index (κ1) is 15.8. The Bertz CT molecular complexity index is 253. The molecule has 0 aromatic heterocycles. The average molecular weight is 247 g/mol. The van der Waals surface area contributed by atoms with Crippen LogP contribution in [-0.2, 0) is 19.2 Å². The molecular formula is C10H21N3O4. The number of carbonyl (C=O) groups is 2. The van der Waals surface area contributed by atoms with E-state index >= 15 is 0 Å². The van der Waals surface area contributed by atoms with Crippen LogP contribution in [0.5, 0.6) is 0 Å². The molecule has 0 aromatic carbocycles. The topological polar surface area (TPSA) is 103 Å². The molecule has 4 N–H and O–H groups in total. The molecule has 0 aliphatic carbocycles. The normalized spacial score (nSPS) is 17.0. The first-order valence-electron chi connectivity index (χ1n) is 5.23. The summed E-state index contributed by atoms with van der Waals surface area (Å²) in [4.78, 5) is 24.6. The molecular weight excluding hydrogens is 226 g/mol. The molecule has 0 atom stereocenters. The second-order valence-corrected chi connectivity index (χ2v) is 4.67. The summed E-state index contributed by atoms with van der Waals surface area (Å²) in [5, 5.41) is 5.80. The van der Waals surface area contributed by atoms with Gasteiger partial charge in [-0.2, -0.15) is 5.90 Å². The van der Waals surface area contributed by atoms with Gasteiger partial charge in [-0.25, -0.2) is 4.79 Å². The van der Waals surface area contributed by atoms with Gasteiger partial charge in [0, 0.05) is 13.1 Å². The molecule has 7 heteroatoms. The summed E-state index contributed by atoms with van der Waals surface area (Å²) in [6.45, 7) is 7.09. The van der Waals surface area contributed by atoms with Crippen molar-refractivity contribution < 1.29 is 19.2 Å². The summed E-state index contributed by atoms with van der Waals surface area (Å²) < 4.78 is 4.55. The predicted molar refractivity (Wildman–Crippen MR) is 61.8 cm³/mol. The Balaban J connectivity index is 0.000000325. The van der Waals surface area contributed by atoms with Gasteiger partial charge >= 0.3 is 5.97 Å². The van der Waals surface area contributed by atoms with Gasteiger partial charge in [0.15, 0.2) is 0 Å². The Morgan fingerprint density at radius 2 is 2.00 bits per heavy atom. The van der Waals surface area contributed by atoms with E-state index in [0.717, 1.165) is 0 Å². The van der Waals surface area contributed by atoms with Crippen LogP contribution in [0.2, 0.25) is 0 Å². The third kappa shape index (κ3) is 5.12. The highest BCUT2D eigenvalue weighted by atomic mass is 16.7. The fourth-order valence-electron chi connectivity index (χ4n) is 1.06. The summed E-state index contributed by atoms with van der Waals surface area (Å²) >= 11 is 0. The summed E-state index contributed by atoms with van der Waals surface area (Å²) in [7, 11) is 1.71. The third-order valence-electron chi connectivity index (χ3n) is 2.23. The number of carbonyl (C=O) groups excluding carboxylic acids is 2. The second-order valence-electron chi connectivity index (χ2n) is 4.67. The van der Waals surface area contributed by atoms with Gasteiger partial charge in [0.05, 0.1) is 0 Å². The third-order valence-corrected chi connectivity index (χ3v) is 2.23. The van der Waals surface area contributed by atoms with E-state index in [1.165, 1.54) is 0 Å². The van der Waals surface area contributed by atoms with Crippen molar-refractivity contribution in [2.45, 2.75) is 31.9 Å². The van der Waals surface area contributed by atoms with Crippen LogP contribution in [0, 0.1) is 0 Å². The van der Waals surface area contributed by atoms with Crippen LogP contribution < -0.4 is 16.5 Å². The van der Waals surface area contributed by atoms with Crippen molar-refractivity contribution >= 4 is 12.4 Å². The Kier molecular flexibility index (Phi) is 6.08. The van der Waals surface area contributed by atoms with Crippen molar-refractivity contribution in [2.75, 3.05) is 20.1 Å². The SMILES string of the molecule is CC(C)(C)OC=O.CNC1(C(=O)ON)CNC1. The molecule has 0 aromatic rings. The number of nitrogens with two attached hydrogens (primary N) is 1. The van der Waals surface area contributed by atoms with Crippen LogP contribution >= 0.6 is 0 Å². The molecule has 17 heavy (non-hydrogen) atoms. The highest BCUT2D eigenvalue weighted by molar-refractivity contribution is 5.82. The van der Waals surface area contributed by atoms with E-state index in [0.29, 0.717) is 19.6 Å². The minimum atomic E-state index is -0.575. The zero-order chi connectivity index (χ0) is 13.5. The highest BCUT2D eigenvalue weighted by Gasteiger charge is 2.44. The van der Waals surface area contributed by atoms with E-state index in [-0.39, 0.29) is 5.60 Å². The fraction of sp³-hybridized carbons (Fsp3) is 0.800. The molecule has 1 heterocycles. The van der Waals surface area contributed by atoms with Crippen LogP contribution in [0.25, 0.3) is 0 Å². The number of likely N-dealkylation sites (N-methyl/N-ethyl adjacent to an activating group) is 1. The average Bonchev–Trinajstić information content (AvgIpc) is 2.15. The molecule has 7 nitrogen and oxygen atoms in total. The first-order valence-corrected chi connectivity index (χ1v) is 5.23. The lowest BCUT2D eigenvalue weighted by molar-refractivity contribution is -0.154. The molecule has 0 unspecified atom stereocenters. The Morgan fingerprint density at radius 3 is 2.06 bits per heavy atom. The number of nitrogens with one attached hydrogen (secondary N) is 2. The molecule has 1 aliphatic rings. The highest BCUT2D eigenvalue weighted by Crippen LogP contribution is 2.10. The summed E-state index contributed by atoms with van der Waals surface area (Å²) in [6, 6.07) is 0. The van der Waals surface area contributed by atoms with Gasteiger partial charge in [0.2, 0.25) is 0 Å². The van der Waals surface area contributed by atoms with Gasteiger partial charge < -0.3 is 20.2 Å². The molecule has 1 fully saturated rings. The van der Waals surface area contributed by atoms with Crippen molar-refractivity contribution in [2.24, 2.45) is 5.90 Å². The van der Waals surface area contributed by atoms with E-state index < -0.39 is 11.5 Å². The molecule has 1 aliphatic heterocycles. The summed E-state index contributed by atoms with van der Waals surface area (Å²) in [5.74, 6) is 4.32. The lowest BCUT2D eigenvalue weighted by Crippen LogP contribution is -2.71. The van der Waals surface area contributed by atoms with Gasteiger partial charge in [-0.3, -0.25) is 4.79 Å². The van der Waals surface area contributed by atoms with Gasteiger partial charge in [-0.1, -0.05) is 0 Å². The molecule has 1 saturated heterocycles. The van der Waals surface area contributed by atoms with Gasteiger partial charge in [-0.15, -0.1) is 0 Å². The molecule has 0 radical (unpaired) electrons. The zero-order valence-electron chi connectivity index (χ0n) is 10.7. The minimum absolute atomic E-state index is 0.318. The lowest BCUT2D eigenvalue weighted by atomic mass is 9.93. The van der Waals surface area contributed by atoms with E-state index in [4.69, 9.17) is 5.90 Å². The van der Waals surface area contributed by atoms with Crippen LogP contribution in [0.15, 0.2) is 0 Å². The van der Waals surface area contributed by atoms with Crippen molar-refractivity contribution in [1.82, 2.24) is 10.6 Å². The standard InChI is InChI=1S/C5H11N3O2.C5H10O2/c1-7-5(2-8-3-5)4(9)10-6;1-5(2,3)7-4-6/h7-8H,2-3,6H2,1H3;4H,1-3H3. The summed E-state index contributed by atoms with van der Waals surface area (Å²) in [6.07, 6.45) is 0. The lowest BCUT2D eigenvalue weighted by Gasteiger charge is -2.38. The monoisotopic (exact) mass is 247 g/mol. The number of hydrogen-bond donors (Lipinski definition) is 3. The Hall–Kier alpha value is -1.18. The first-order chi connectivity index (χ1) is 7.81. The molecule has 1 rings (SSSR count). The molecule has 100 valence electrons. The minimum Gasteiger partial charge on any atom is -0.462 e. The Labute approximate surface area is 101 Å². The fourth-order valence-corrected chi connectivity index (χ4v) is 1.06. The number of ether oxygens (including phenoxy) is 1. The van der Waals surface area contributed by atoms with Crippen molar-refractivity contribution in [1.29, 1.82) is 0 Å². The van der Waals surface area contributed by atoms with Gasteiger partial charge in [0.1, 0.15) is 11.1 Å².